The van der Waals surface area contributed by atoms with E-state index in [0.29, 0.717) is 0 Å². The molecule has 0 bridgehead atoms. The van der Waals surface area contributed by atoms with Crippen LogP contribution < -0.4 is 16.0 Å². The van der Waals surface area contributed by atoms with Crippen LogP contribution in [0.5, 0.6) is 0 Å². The fourth-order valence-corrected chi connectivity index (χ4v) is 0.562. The summed E-state index contributed by atoms with van der Waals surface area (Å²) in [6.07, 6.45) is 0. The average molecular weight is 173 g/mol. The van der Waals surface area contributed by atoms with Crippen LogP contribution in [0.1, 0.15) is 13.8 Å². The third-order valence-electron chi connectivity index (χ3n) is 1.11. The number of amides is 3. The van der Waals surface area contributed by atoms with Crippen molar-refractivity contribution in [2.45, 2.75) is 19.9 Å². The minimum atomic E-state index is -0.325. The quantitative estimate of drug-likeness (QED) is 0.535. The number of likely N-dealkylation sites (N-methyl/N-ethyl adjacent to an activating group) is 1. The monoisotopic (exact) mass is 173 g/mol. The predicted octanol–water partition coefficient (Wildman–Crippen LogP) is -0.560. The van der Waals surface area contributed by atoms with Gasteiger partial charge in [0, 0.05) is 13.1 Å². The molecule has 3 N–H and O–H groups in total. The van der Waals surface area contributed by atoms with Crippen molar-refractivity contribution in [2.75, 3.05) is 13.6 Å². The Hall–Kier alpha value is -1.26. The average Bonchev–Trinajstić information content (AvgIpc) is 1.99. The van der Waals surface area contributed by atoms with Crippen molar-refractivity contribution in [3.63, 3.8) is 0 Å². The van der Waals surface area contributed by atoms with Crippen LogP contribution in [0.4, 0.5) is 4.79 Å². The van der Waals surface area contributed by atoms with Crippen LogP contribution in [-0.2, 0) is 4.79 Å². The van der Waals surface area contributed by atoms with Gasteiger partial charge < -0.3 is 16.0 Å². The van der Waals surface area contributed by atoms with Crippen LogP contribution in [0, 0.1) is 0 Å². The van der Waals surface area contributed by atoms with Gasteiger partial charge in [0.05, 0.1) is 6.54 Å². The van der Waals surface area contributed by atoms with Crippen molar-refractivity contribution < 1.29 is 9.59 Å². The van der Waals surface area contributed by atoms with Gasteiger partial charge >= 0.3 is 6.03 Å². The predicted molar refractivity (Wildman–Crippen MR) is 45.7 cm³/mol. The second-order valence-electron chi connectivity index (χ2n) is 2.65. The SMILES string of the molecule is CNC(=O)CNC(=O)NC(C)C. The van der Waals surface area contributed by atoms with E-state index in [9.17, 15) is 9.59 Å². The molecule has 0 spiro atoms. The first-order valence-electron chi connectivity index (χ1n) is 3.81. The Morgan fingerprint density at radius 2 is 1.92 bits per heavy atom. The van der Waals surface area contributed by atoms with E-state index in [1.807, 2.05) is 13.8 Å². The summed E-state index contributed by atoms with van der Waals surface area (Å²) in [6.45, 7) is 3.70. The zero-order chi connectivity index (χ0) is 9.56. The molecule has 3 amide bonds. The molecule has 0 aromatic heterocycles. The van der Waals surface area contributed by atoms with Crippen LogP contribution >= 0.6 is 0 Å². The van der Waals surface area contributed by atoms with Crippen LogP contribution in [0.25, 0.3) is 0 Å². The Bertz CT molecular complexity index is 168. The van der Waals surface area contributed by atoms with Crippen molar-refractivity contribution in [2.24, 2.45) is 0 Å². The Morgan fingerprint density at radius 1 is 1.33 bits per heavy atom. The van der Waals surface area contributed by atoms with E-state index in [0.717, 1.165) is 0 Å². The number of carbonyl (C=O) groups is 2. The molecule has 0 aromatic carbocycles. The summed E-state index contributed by atoms with van der Waals surface area (Å²) in [4.78, 5) is 21.5. The Labute approximate surface area is 71.9 Å². The van der Waals surface area contributed by atoms with Crippen LogP contribution in [0.15, 0.2) is 0 Å². The van der Waals surface area contributed by atoms with Gasteiger partial charge in [-0.3, -0.25) is 4.79 Å². The van der Waals surface area contributed by atoms with E-state index in [1.165, 1.54) is 7.05 Å². The highest BCUT2D eigenvalue weighted by Crippen LogP contribution is 1.75. The van der Waals surface area contributed by atoms with E-state index in [2.05, 4.69) is 16.0 Å². The molecule has 5 nitrogen and oxygen atoms in total. The number of urea groups is 1. The van der Waals surface area contributed by atoms with Crippen molar-refractivity contribution in [1.82, 2.24) is 16.0 Å². The minimum absolute atomic E-state index is 0.00898. The molecule has 0 rings (SSSR count). The maximum absolute atomic E-state index is 10.9. The van der Waals surface area contributed by atoms with Gasteiger partial charge in [-0.2, -0.15) is 0 Å². The fraction of sp³-hybridized carbons (Fsp3) is 0.714. The molecule has 0 fully saturated rings. The molecule has 5 heteroatoms. The summed E-state index contributed by atoms with van der Waals surface area (Å²) in [6, 6.07) is -0.247. The van der Waals surface area contributed by atoms with Gasteiger partial charge in [0.25, 0.3) is 0 Å². The van der Waals surface area contributed by atoms with Crippen LogP contribution in [-0.4, -0.2) is 31.6 Å². The lowest BCUT2D eigenvalue weighted by Crippen LogP contribution is -2.43. The number of carbonyl (C=O) groups excluding carboxylic acids is 2. The van der Waals surface area contributed by atoms with Crippen LogP contribution in [0.2, 0.25) is 0 Å². The summed E-state index contributed by atoms with van der Waals surface area (Å²) >= 11 is 0. The lowest BCUT2D eigenvalue weighted by Gasteiger charge is -2.08. The van der Waals surface area contributed by atoms with E-state index in [4.69, 9.17) is 0 Å². The Kier molecular flexibility index (Phi) is 4.83. The largest absolute Gasteiger partial charge is 0.358 e. The molecule has 0 saturated heterocycles. The van der Waals surface area contributed by atoms with Crippen molar-refractivity contribution in [3.8, 4) is 0 Å². The maximum atomic E-state index is 10.9. The molecular weight excluding hydrogens is 158 g/mol. The summed E-state index contributed by atoms with van der Waals surface area (Å²) in [5.41, 5.74) is 0. The summed E-state index contributed by atoms with van der Waals surface area (Å²) in [5.74, 6) is -0.214. The molecule has 70 valence electrons. The smallest absolute Gasteiger partial charge is 0.315 e. The van der Waals surface area contributed by atoms with Gasteiger partial charge in [0.1, 0.15) is 0 Å². The Morgan fingerprint density at radius 3 is 2.33 bits per heavy atom. The second kappa shape index (κ2) is 5.40. The number of hydrogen-bond acceptors (Lipinski definition) is 2. The second-order valence-corrected chi connectivity index (χ2v) is 2.65. The molecule has 0 heterocycles. The molecule has 12 heavy (non-hydrogen) atoms. The number of hydrogen-bond donors (Lipinski definition) is 3. The van der Waals surface area contributed by atoms with Gasteiger partial charge in [-0.1, -0.05) is 0 Å². The molecule has 0 aromatic rings. The normalized spacial score (nSPS) is 9.33. The molecule has 0 saturated carbocycles. The zero-order valence-electron chi connectivity index (χ0n) is 7.60. The lowest BCUT2D eigenvalue weighted by molar-refractivity contribution is -0.119. The molecule has 0 aliphatic carbocycles. The zero-order valence-corrected chi connectivity index (χ0v) is 7.60. The molecule has 0 aliphatic rings. The maximum Gasteiger partial charge on any atom is 0.315 e. The highest BCUT2D eigenvalue weighted by molar-refractivity contribution is 5.83. The number of nitrogens with one attached hydrogen (secondary N) is 3. The van der Waals surface area contributed by atoms with Crippen molar-refractivity contribution in [1.29, 1.82) is 0 Å². The summed E-state index contributed by atoms with van der Waals surface area (Å²) in [7, 11) is 1.52. The van der Waals surface area contributed by atoms with Gasteiger partial charge in [-0.25, -0.2) is 4.79 Å². The molecule has 0 atom stereocenters. The van der Waals surface area contributed by atoms with Gasteiger partial charge in [0.2, 0.25) is 5.91 Å². The van der Waals surface area contributed by atoms with Crippen molar-refractivity contribution >= 4 is 11.9 Å². The first-order chi connectivity index (χ1) is 5.56. The number of rotatable bonds is 3. The lowest BCUT2D eigenvalue weighted by atomic mass is 10.4. The van der Waals surface area contributed by atoms with E-state index >= 15 is 0 Å². The van der Waals surface area contributed by atoms with Crippen molar-refractivity contribution in [3.05, 3.63) is 0 Å². The van der Waals surface area contributed by atoms with E-state index < -0.39 is 0 Å². The van der Waals surface area contributed by atoms with E-state index in [1.54, 1.807) is 0 Å². The summed E-state index contributed by atoms with van der Waals surface area (Å²) < 4.78 is 0. The standard InChI is InChI=1S/C7H15N3O2/c1-5(2)10-7(12)9-4-6(11)8-3/h5H,4H2,1-3H3,(H,8,11)(H2,9,10,12). The molecular formula is C7H15N3O2. The topological polar surface area (TPSA) is 70.2 Å². The Balaban J connectivity index is 3.51. The first kappa shape index (κ1) is 10.7. The minimum Gasteiger partial charge on any atom is -0.358 e. The van der Waals surface area contributed by atoms with Gasteiger partial charge in [0.15, 0.2) is 0 Å². The molecule has 0 radical (unpaired) electrons. The van der Waals surface area contributed by atoms with E-state index in [-0.39, 0.29) is 24.5 Å². The molecule has 0 unspecified atom stereocenters. The first-order valence-corrected chi connectivity index (χ1v) is 3.81. The highest BCUT2D eigenvalue weighted by Gasteiger charge is 2.03. The van der Waals surface area contributed by atoms with Crippen LogP contribution in [0.3, 0.4) is 0 Å². The third-order valence-corrected chi connectivity index (χ3v) is 1.11. The van der Waals surface area contributed by atoms with Gasteiger partial charge in [-0.15, -0.1) is 0 Å². The fourth-order valence-electron chi connectivity index (χ4n) is 0.562. The summed E-state index contributed by atoms with van der Waals surface area (Å²) in [5, 5.41) is 7.39. The highest BCUT2D eigenvalue weighted by atomic mass is 16.2. The molecule has 0 aliphatic heterocycles. The van der Waals surface area contributed by atoms with Gasteiger partial charge in [-0.05, 0) is 13.8 Å². The third kappa shape index (κ3) is 5.52.